The average Bonchev–Trinajstić information content (AvgIpc) is 2.00. The van der Waals surface area contributed by atoms with Crippen LogP contribution in [0.3, 0.4) is 0 Å². The van der Waals surface area contributed by atoms with Gasteiger partial charge < -0.3 is 16.0 Å². The summed E-state index contributed by atoms with van der Waals surface area (Å²) >= 11 is 0. The third-order valence-electron chi connectivity index (χ3n) is 1.87. The molecule has 0 aliphatic carbocycles. The van der Waals surface area contributed by atoms with Crippen molar-refractivity contribution in [2.24, 2.45) is 11.7 Å². The van der Waals surface area contributed by atoms with Crippen molar-refractivity contribution in [3.63, 3.8) is 0 Å². The van der Waals surface area contributed by atoms with Gasteiger partial charge in [0.1, 0.15) is 0 Å². The van der Waals surface area contributed by atoms with Crippen molar-refractivity contribution < 1.29 is 4.79 Å². The number of hydrogen-bond acceptors (Lipinski definition) is 3. The smallest absolute Gasteiger partial charge is 0.234 e. The fraction of sp³-hybridized carbons (Fsp3) is 0.900. The number of carbonyl (C=O) groups is 1. The monoisotopic (exact) mass is 201 g/mol. The highest BCUT2D eigenvalue weighted by atomic mass is 16.2. The topological polar surface area (TPSA) is 58.4 Å². The zero-order valence-electron chi connectivity index (χ0n) is 9.71. The van der Waals surface area contributed by atoms with E-state index in [1.54, 1.807) is 0 Å². The Balaban J connectivity index is 3.86. The molecule has 14 heavy (non-hydrogen) atoms. The van der Waals surface area contributed by atoms with E-state index in [0.29, 0.717) is 19.0 Å². The predicted octanol–water partition coefficient (Wildman–Crippen LogP) is 0.0376. The zero-order chi connectivity index (χ0) is 11.1. The highest BCUT2D eigenvalue weighted by Gasteiger charge is 2.12. The molecule has 0 spiro atoms. The first-order valence-corrected chi connectivity index (χ1v) is 5.09. The van der Waals surface area contributed by atoms with Gasteiger partial charge in [-0.1, -0.05) is 13.8 Å². The fourth-order valence-electron chi connectivity index (χ4n) is 1.34. The van der Waals surface area contributed by atoms with E-state index < -0.39 is 0 Å². The Bertz CT molecular complexity index is 169. The van der Waals surface area contributed by atoms with Crippen molar-refractivity contribution in [1.82, 2.24) is 10.2 Å². The molecule has 0 aromatic carbocycles. The lowest BCUT2D eigenvalue weighted by Gasteiger charge is -2.19. The van der Waals surface area contributed by atoms with Crippen LogP contribution < -0.4 is 11.1 Å². The Labute approximate surface area is 86.8 Å². The lowest BCUT2D eigenvalue weighted by Crippen LogP contribution is -2.44. The van der Waals surface area contributed by atoms with Crippen LogP contribution in [-0.2, 0) is 4.79 Å². The van der Waals surface area contributed by atoms with Crippen LogP contribution in [0, 0.1) is 5.92 Å². The molecule has 1 amide bonds. The fourth-order valence-corrected chi connectivity index (χ4v) is 1.34. The lowest BCUT2D eigenvalue weighted by atomic mass is 10.0. The summed E-state index contributed by atoms with van der Waals surface area (Å²) in [6.07, 6.45) is 0.940. The van der Waals surface area contributed by atoms with E-state index in [2.05, 4.69) is 19.2 Å². The number of hydrogen-bond donors (Lipinski definition) is 2. The van der Waals surface area contributed by atoms with Gasteiger partial charge in [0.2, 0.25) is 5.91 Å². The number of likely N-dealkylation sites (N-methyl/N-ethyl adjacent to an activating group) is 1. The van der Waals surface area contributed by atoms with E-state index in [9.17, 15) is 4.79 Å². The number of nitrogens with one attached hydrogen (secondary N) is 1. The molecule has 0 fully saturated rings. The van der Waals surface area contributed by atoms with Crippen LogP contribution in [0.25, 0.3) is 0 Å². The highest BCUT2D eigenvalue weighted by Crippen LogP contribution is 2.03. The minimum atomic E-state index is 0.0473. The average molecular weight is 201 g/mol. The van der Waals surface area contributed by atoms with Gasteiger partial charge in [-0.25, -0.2) is 0 Å². The van der Waals surface area contributed by atoms with Crippen molar-refractivity contribution in [1.29, 1.82) is 0 Å². The molecule has 0 rings (SSSR count). The molecule has 84 valence electrons. The maximum absolute atomic E-state index is 11.4. The Morgan fingerprint density at radius 1 is 1.43 bits per heavy atom. The zero-order valence-corrected chi connectivity index (χ0v) is 9.71. The molecule has 0 heterocycles. The summed E-state index contributed by atoms with van der Waals surface area (Å²) in [6.45, 7) is 5.19. The van der Waals surface area contributed by atoms with Crippen molar-refractivity contribution in [2.45, 2.75) is 26.3 Å². The molecule has 0 saturated heterocycles. The molecule has 1 unspecified atom stereocenters. The number of nitrogens with zero attached hydrogens (tertiary/aromatic N) is 1. The molecule has 0 radical (unpaired) electrons. The first-order valence-electron chi connectivity index (χ1n) is 5.09. The van der Waals surface area contributed by atoms with Gasteiger partial charge in [0.15, 0.2) is 0 Å². The van der Waals surface area contributed by atoms with Gasteiger partial charge >= 0.3 is 0 Å². The Morgan fingerprint density at radius 2 is 2.00 bits per heavy atom. The van der Waals surface area contributed by atoms with Crippen molar-refractivity contribution in [2.75, 3.05) is 27.2 Å². The summed E-state index contributed by atoms with van der Waals surface area (Å²) in [5.74, 6) is 0.606. The van der Waals surface area contributed by atoms with Crippen LogP contribution in [0.5, 0.6) is 0 Å². The molecule has 4 heteroatoms. The van der Waals surface area contributed by atoms with Gasteiger partial charge in [0.05, 0.1) is 6.54 Å². The number of carbonyl (C=O) groups excluding carboxylic acids is 1. The van der Waals surface area contributed by atoms with E-state index in [1.165, 1.54) is 0 Å². The predicted molar refractivity (Wildman–Crippen MR) is 59.0 cm³/mol. The van der Waals surface area contributed by atoms with Crippen LogP contribution >= 0.6 is 0 Å². The molecule has 1 atom stereocenters. The summed E-state index contributed by atoms with van der Waals surface area (Å²) < 4.78 is 0. The SMILES string of the molecule is CC(C)CC(CN)NC(=O)CN(C)C. The van der Waals surface area contributed by atoms with E-state index in [-0.39, 0.29) is 11.9 Å². The van der Waals surface area contributed by atoms with Crippen molar-refractivity contribution in [3.8, 4) is 0 Å². The number of rotatable bonds is 6. The minimum absolute atomic E-state index is 0.0473. The normalized spacial score (nSPS) is 13.4. The first kappa shape index (κ1) is 13.4. The van der Waals surface area contributed by atoms with Crippen LogP contribution in [0.4, 0.5) is 0 Å². The Kier molecular flexibility index (Phi) is 6.49. The molecule has 3 N–H and O–H groups in total. The van der Waals surface area contributed by atoms with E-state index >= 15 is 0 Å². The van der Waals surface area contributed by atoms with E-state index in [1.807, 2.05) is 19.0 Å². The second-order valence-electron chi connectivity index (χ2n) is 4.37. The summed E-state index contributed by atoms with van der Waals surface area (Å²) in [5.41, 5.74) is 5.57. The second-order valence-corrected chi connectivity index (χ2v) is 4.37. The standard InChI is InChI=1S/C10H23N3O/c1-8(2)5-9(6-11)12-10(14)7-13(3)4/h8-9H,5-7,11H2,1-4H3,(H,12,14). The molecule has 0 saturated carbocycles. The third-order valence-corrected chi connectivity index (χ3v) is 1.87. The Morgan fingerprint density at radius 3 is 2.36 bits per heavy atom. The third kappa shape index (κ3) is 6.86. The molecule has 0 aromatic rings. The molecular formula is C10H23N3O. The minimum Gasteiger partial charge on any atom is -0.351 e. The number of amides is 1. The molecule has 0 aliphatic rings. The summed E-state index contributed by atoms with van der Waals surface area (Å²) in [4.78, 5) is 13.2. The lowest BCUT2D eigenvalue weighted by molar-refractivity contribution is -0.122. The highest BCUT2D eigenvalue weighted by molar-refractivity contribution is 5.78. The molecule has 0 bridgehead atoms. The molecular weight excluding hydrogens is 178 g/mol. The van der Waals surface area contributed by atoms with Crippen LogP contribution in [0.15, 0.2) is 0 Å². The maximum atomic E-state index is 11.4. The van der Waals surface area contributed by atoms with Gasteiger partial charge in [-0.15, -0.1) is 0 Å². The first-order chi connectivity index (χ1) is 6.45. The van der Waals surface area contributed by atoms with Crippen LogP contribution in [-0.4, -0.2) is 44.0 Å². The van der Waals surface area contributed by atoms with Crippen molar-refractivity contribution >= 4 is 5.91 Å². The quantitative estimate of drug-likeness (QED) is 0.638. The Hall–Kier alpha value is -0.610. The van der Waals surface area contributed by atoms with Gasteiger partial charge in [0.25, 0.3) is 0 Å². The van der Waals surface area contributed by atoms with Crippen molar-refractivity contribution in [3.05, 3.63) is 0 Å². The summed E-state index contributed by atoms with van der Waals surface area (Å²) in [7, 11) is 3.75. The largest absolute Gasteiger partial charge is 0.351 e. The summed E-state index contributed by atoms with van der Waals surface area (Å²) in [6, 6.07) is 0.113. The van der Waals surface area contributed by atoms with E-state index in [0.717, 1.165) is 6.42 Å². The second kappa shape index (κ2) is 6.79. The van der Waals surface area contributed by atoms with Gasteiger partial charge in [0, 0.05) is 12.6 Å². The summed E-state index contributed by atoms with van der Waals surface area (Å²) in [5, 5.41) is 2.92. The molecule has 0 aromatic heterocycles. The maximum Gasteiger partial charge on any atom is 0.234 e. The van der Waals surface area contributed by atoms with Crippen LogP contribution in [0.1, 0.15) is 20.3 Å². The molecule has 0 aliphatic heterocycles. The van der Waals surface area contributed by atoms with E-state index in [4.69, 9.17) is 5.73 Å². The number of nitrogens with two attached hydrogens (primary N) is 1. The van der Waals surface area contributed by atoms with Crippen LogP contribution in [0.2, 0.25) is 0 Å². The molecule has 4 nitrogen and oxygen atoms in total. The van der Waals surface area contributed by atoms with Gasteiger partial charge in [-0.05, 0) is 26.4 Å². The van der Waals surface area contributed by atoms with Gasteiger partial charge in [-0.3, -0.25) is 4.79 Å². The van der Waals surface area contributed by atoms with Gasteiger partial charge in [-0.2, -0.15) is 0 Å².